The third-order valence-corrected chi connectivity index (χ3v) is 5.08. The molecule has 1 amide bonds. The van der Waals surface area contributed by atoms with Gasteiger partial charge in [-0.05, 0) is 18.2 Å². The lowest BCUT2D eigenvalue weighted by atomic mass is 10.1. The van der Waals surface area contributed by atoms with E-state index in [0.717, 1.165) is 0 Å². The summed E-state index contributed by atoms with van der Waals surface area (Å²) in [6.07, 6.45) is 0. The molecule has 1 fully saturated rings. The minimum absolute atomic E-state index is 0.0368. The minimum atomic E-state index is -0.477. The molecular weight excluding hydrogens is 332 g/mol. The number of nitro benzene ring substituents is 1. The first-order valence-corrected chi connectivity index (χ1v) is 8.26. The summed E-state index contributed by atoms with van der Waals surface area (Å²) >= 11 is 1.36. The molecule has 0 bridgehead atoms. The van der Waals surface area contributed by atoms with Crippen molar-refractivity contribution in [2.75, 3.05) is 17.4 Å². The van der Waals surface area contributed by atoms with Crippen LogP contribution in [0.4, 0.5) is 11.4 Å². The second-order valence-corrected chi connectivity index (χ2v) is 6.35. The van der Waals surface area contributed by atoms with Gasteiger partial charge in [0.2, 0.25) is 12.7 Å². The van der Waals surface area contributed by atoms with Gasteiger partial charge in [-0.3, -0.25) is 19.8 Å². The largest absolute Gasteiger partial charge is 0.454 e. The summed E-state index contributed by atoms with van der Waals surface area (Å²) in [5, 5.41) is 11.0. The van der Waals surface area contributed by atoms with Crippen molar-refractivity contribution in [3.8, 4) is 11.5 Å². The van der Waals surface area contributed by atoms with E-state index < -0.39 is 10.3 Å². The molecule has 7 nitrogen and oxygen atoms in total. The van der Waals surface area contributed by atoms with E-state index in [1.807, 2.05) is 30.3 Å². The normalized spacial score (nSPS) is 18.9. The van der Waals surface area contributed by atoms with Gasteiger partial charge < -0.3 is 9.47 Å². The number of para-hydroxylation sites is 1. The number of carbonyl (C=O) groups is 1. The Balaban J connectivity index is 1.83. The summed E-state index contributed by atoms with van der Waals surface area (Å²) in [6.45, 7) is 0.0368. The molecule has 0 radical (unpaired) electrons. The number of hydrogen-bond acceptors (Lipinski definition) is 6. The van der Waals surface area contributed by atoms with Crippen molar-refractivity contribution in [3.05, 3.63) is 58.1 Å². The number of benzene rings is 2. The maximum atomic E-state index is 12.4. The van der Waals surface area contributed by atoms with Crippen LogP contribution in [-0.4, -0.2) is 23.4 Å². The van der Waals surface area contributed by atoms with Crippen molar-refractivity contribution in [2.45, 2.75) is 5.37 Å². The highest BCUT2D eigenvalue weighted by atomic mass is 32.2. The van der Waals surface area contributed by atoms with E-state index in [1.54, 1.807) is 11.0 Å². The van der Waals surface area contributed by atoms with Crippen LogP contribution in [0.15, 0.2) is 42.5 Å². The lowest BCUT2D eigenvalue weighted by molar-refractivity contribution is -0.385. The molecule has 4 rings (SSSR count). The number of nitro groups is 1. The van der Waals surface area contributed by atoms with Crippen LogP contribution >= 0.6 is 11.8 Å². The SMILES string of the molecule is O=C1CS[C@H](c2cc3c(cc2[N+](=O)[O-])OCO3)N1c1ccccc1. The van der Waals surface area contributed by atoms with Crippen LogP contribution in [0.3, 0.4) is 0 Å². The van der Waals surface area contributed by atoms with E-state index >= 15 is 0 Å². The molecule has 2 aromatic carbocycles. The van der Waals surface area contributed by atoms with Gasteiger partial charge in [-0.25, -0.2) is 0 Å². The zero-order valence-corrected chi connectivity index (χ0v) is 13.2. The number of nitrogens with zero attached hydrogens (tertiary/aromatic N) is 2. The first-order valence-electron chi connectivity index (χ1n) is 7.22. The molecule has 2 aliphatic rings. The number of amides is 1. The maximum Gasteiger partial charge on any atom is 0.279 e. The molecule has 24 heavy (non-hydrogen) atoms. The Labute approximate surface area is 141 Å². The summed E-state index contributed by atoms with van der Waals surface area (Å²) in [5.41, 5.74) is 1.07. The van der Waals surface area contributed by atoms with Crippen molar-refractivity contribution >= 4 is 29.0 Å². The average molecular weight is 344 g/mol. The minimum Gasteiger partial charge on any atom is -0.454 e. The van der Waals surface area contributed by atoms with Crippen molar-refractivity contribution in [3.63, 3.8) is 0 Å². The molecule has 2 aliphatic heterocycles. The van der Waals surface area contributed by atoms with E-state index in [9.17, 15) is 14.9 Å². The molecule has 0 saturated carbocycles. The lowest BCUT2D eigenvalue weighted by Gasteiger charge is -2.24. The molecule has 8 heteroatoms. The van der Waals surface area contributed by atoms with Crippen LogP contribution in [0.1, 0.15) is 10.9 Å². The Kier molecular flexibility index (Phi) is 3.53. The number of fused-ring (bicyclic) bond motifs is 1. The zero-order valence-electron chi connectivity index (χ0n) is 12.4. The number of rotatable bonds is 3. The van der Waals surface area contributed by atoms with Crippen LogP contribution in [0.5, 0.6) is 11.5 Å². The lowest BCUT2D eigenvalue weighted by Crippen LogP contribution is -2.28. The molecule has 122 valence electrons. The number of ether oxygens (including phenoxy) is 2. The Morgan fingerprint density at radius 1 is 1.17 bits per heavy atom. The highest BCUT2D eigenvalue weighted by molar-refractivity contribution is 8.00. The van der Waals surface area contributed by atoms with Crippen molar-refractivity contribution in [2.24, 2.45) is 0 Å². The van der Waals surface area contributed by atoms with Crippen LogP contribution in [0.25, 0.3) is 0 Å². The first kappa shape index (κ1) is 14.8. The molecule has 0 N–H and O–H groups in total. The third-order valence-electron chi connectivity index (χ3n) is 3.89. The molecule has 0 spiro atoms. The number of anilines is 1. The highest BCUT2D eigenvalue weighted by Gasteiger charge is 2.39. The van der Waals surface area contributed by atoms with Gasteiger partial charge in [0, 0.05) is 5.69 Å². The second-order valence-electron chi connectivity index (χ2n) is 5.28. The summed E-state index contributed by atoms with van der Waals surface area (Å²) in [5.74, 6) is 1.00. The molecule has 2 aromatic rings. The fraction of sp³-hybridized carbons (Fsp3) is 0.188. The Bertz CT molecular complexity index is 827. The molecular formula is C16H12N2O5S. The quantitative estimate of drug-likeness (QED) is 0.628. The van der Waals surface area contributed by atoms with Crippen LogP contribution in [-0.2, 0) is 4.79 Å². The third kappa shape index (κ3) is 2.35. The number of hydrogen-bond donors (Lipinski definition) is 0. The van der Waals surface area contributed by atoms with Crippen molar-refractivity contribution in [1.82, 2.24) is 0 Å². The smallest absolute Gasteiger partial charge is 0.279 e. The monoisotopic (exact) mass is 344 g/mol. The summed E-state index contributed by atoms with van der Waals surface area (Å²) in [7, 11) is 0. The molecule has 0 unspecified atom stereocenters. The summed E-state index contributed by atoms with van der Waals surface area (Å²) < 4.78 is 10.6. The van der Waals surface area contributed by atoms with E-state index in [-0.39, 0.29) is 24.1 Å². The van der Waals surface area contributed by atoms with Crippen LogP contribution < -0.4 is 14.4 Å². The molecule has 0 aliphatic carbocycles. The summed E-state index contributed by atoms with van der Waals surface area (Å²) in [4.78, 5) is 25.0. The highest BCUT2D eigenvalue weighted by Crippen LogP contribution is 2.48. The Hall–Kier alpha value is -2.74. The van der Waals surface area contributed by atoms with Gasteiger partial charge in [0.1, 0.15) is 5.37 Å². The average Bonchev–Trinajstić information content (AvgIpc) is 3.20. The molecule has 2 heterocycles. The van der Waals surface area contributed by atoms with E-state index in [0.29, 0.717) is 22.7 Å². The first-order chi connectivity index (χ1) is 11.6. The Morgan fingerprint density at radius 2 is 1.88 bits per heavy atom. The van der Waals surface area contributed by atoms with Gasteiger partial charge >= 0.3 is 0 Å². The van der Waals surface area contributed by atoms with E-state index in [2.05, 4.69) is 0 Å². The van der Waals surface area contributed by atoms with Gasteiger partial charge in [-0.15, -0.1) is 11.8 Å². The predicted molar refractivity (Wildman–Crippen MR) is 88.3 cm³/mol. The van der Waals surface area contributed by atoms with E-state index in [4.69, 9.17) is 9.47 Å². The topological polar surface area (TPSA) is 81.9 Å². The van der Waals surface area contributed by atoms with Crippen molar-refractivity contribution < 1.29 is 19.2 Å². The van der Waals surface area contributed by atoms with Crippen molar-refractivity contribution in [1.29, 1.82) is 0 Å². The Morgan fingerprint density at radius 3 is 2.58 bits per heavy atom. The standard InChI is InChI=1S/C16H12N2O5S/c19-15-8-24-16(17(15)10-4-2-1-3-5-10)11-6-13-14(23-9-22-13)7-12(11)18(20)21/h1-7,16H,8-9H2/t16-/m1/s1. The van der Waals surface area contributed by atoms with Crippen LogP contribution in [0, 0.1) is 10.1 Å². The number of carbonyl (C=O) groups excluding carboxylic acids is 1. The molecule has 1 saturated heterocycles. The van der Waals surface area contributed by atoms with Gasteiger partial charge in [-0.2, -0.15) is 0 Å². The van der Waals surface area contributed by atoms with Gasteiger partial charge in [0.15, 0.2) is 11.5 Å². The second kappa shape index (κ2) is 5.72. The van der Waals surface area contributed by atoms with Gasteiger partial charge in [0.05, 0.1) is 22.3 Å². The molecule has 0 aromatic heterocycles. The summed E-state index contributed by atoms with van der Waals surface area (Å²) in [6, 6.07) is 12.1. The van der Waals surface area contributed by atoms with E-state index in [1.165, 1.54) is 17.8 Å². The zero-order chi connectivity index (χ0) is 16.7. The number of thioether (sulfide) groups is 1. The fourth-order valence-corrected chi connectivity index (χ4v) is 4.02. The van der Waals surface area contributed by atoms with Crippen LogP contribution in [0.2, 0.25) is 0 Å². The van der Waals surface area contributed by atoms with Gasteiger partial charge in [-0.1, -0.05) is 18.2 Å². The fourth-order valence-electron chi connectivity index (χ4n) is 2.82. The molecule has 1 atom stereocenters. The maximum absolute atomic E-state index is 12.4. The van der Waals surface area contributed by atoms with Gasteiger partial charge in [0.25, 0.3) is 5.69 Å². The predicted octanol–water partition coefficient (Wildman–Crippen LogP) is 3.10.